The fraction of sp³-hybridized carbons (Fsp3) is 0.143. The lowest BCUT2D eigenvalue weighted by Gasteiger charge is -2.11. The van der Waals surface area contributed by atoms with E-state index >= 15 is 0 Å². The normalized spacial score (nSPS) is 10.8. The summed E-state index contributed by atoms with van der Waals surface area (Å²) in [6, 6.07) is 9.42. The third-order valence-corrected chi connectivity index (χ3v) is 3.60. The molecule has 0 radical (unpaired) electrons. The Morgan fingerprint density at radius 2 is 1.75 bits per heavy atom. The average Bonchev–Trinajstić information content (AvgIpc) is 2.83. The van der Waals surface area contributed by atoms with Gasteiger partial charge in [0.2, 0.25) is 0 Å². The molecule has 0 unspecified atom stereocenters. The van der Waals surface area contributed by atoms with E-state index in [1.54, 1.807) is 24.9 Å². The second-order valence-electron chi connectivity index (χ2n) is 4.08. The maximum absolute atomic E-state index is 5.42. The largest absolute Gasteiger partial charge is 0.496 e. The number of benzene rings is 1. The molecule has 2 heterocycles. The van der Waals surface area contributed by atoms with E-state index in [2.05, 4.69) is 26.0 Å². The Bertz CT molecular complexity index is 748. The lowest BCUT2D eigenvalue weighted by molar-refractivity contribution is 0.396. The van der Waals surface area contributed by atoms with Gasteiger partial charge in [-0.15, -0.1) is 0 Å². The van der Waals surface area contributed by atoms with E-state index in [0.717, 1.165) is 15.7 Å². The molecule has 0 bridgehead atoms. The van der Waals surface area contributed by atoms with Gasteiger partial charge in [-0.1, -0.05) is 6.07 Å². The first kappa shape index (κ1) is 12.9. The summed E-state index contributed by atoms with van der Waals surface area (Å²) < 4.78 is 13.3. The topological polar surface area (TPSA) is 48.7 Å². The molecule has 0 saturated carbocycles. The van der Waals surface area contributed by atoms with E-state index in [0.29, 0.717) is 17.3 Å². The first-order valence-electron chi connectivity index (χ1n) is 5.97. The smallest absolute Gasteiger partial charge is 0.170 e. The molecular weight excluding hydrogens is 322 g/mol. The number of ether oxygens (including phenoxy) is 2. The summed E-state index contributed by atoms with van der Waals surface area (Å²) in [6.07, 6.45) is 1.71. The van der Waals surface area contributed by atoms with E-state index in [1.807, 2.05) is 30.3 Å². The van der Waals surface area contributed by atoms with Crippen LogP contribution in [-0.2, 0) is 0 Å². The van der Waals surface area contributed by atoms with Crippen LogP contribution in [0.25, 0.3) is 16.9 Å². The van der Waals surface area contributed by atoms with E-state index in [-0.39, 0.29) is 0 Å². The van der Waals surface area contributed by atoms with Crippen molar-refractivity contribution in [3.63, 3.8) is 0 Å². The first-order valence-corrected chi connectivity index (χ1v) is 6.76. The van der Waals surface area contributed by atoms with Crippen molar-refractivity contribution in [3.05, 3.63) is 41.1 Å². The van der Waals surface area contributed by atoms with Crippen LogP contribution in [-0.4, -0.2) is 28.8 Å². The molecule has 5 nitrogen and oxygen atoms in total. The number of hydrogen-bond donors (Lipinski definition) is 0. The Morgan fingerprint density at radius 3 is 2.40 bits per heavy atom. The summed E-state index contributed by atoms with van der Waals surface area (Å²) in [4.78, 5) is 4.53. The Labute approximate surface area is 124 Å². The van der Waals surface area contributed by atoms with Gasteiger partial charge in [0, 0.05) is 6.20 Å². The van der Waals surface area contributed by atoms with Crippen LogP contribution in [0.2, 0.25) is 0 Å². The van der Waals surface area contributed by atoms with Crippen LogP contribution in [0.3, 0.4) is 0 Å². The van der Waals surface area contributed by atoms with Gasteiger partial charge in [0.05, 0.1) is 19.7 Å². The molecule has 0 amide bonds. The Hall–Kier alpha value is -2.08. The quantitative estimate of drug-likeness (QED) is 0.738. The highest BCUT2D eigenvalue weighted by atomic mass is 79.9. The number of aromatic nitrogens is 3. The van der Waals surface area contributed by atoms with Crippen molar-refractivity contribution in [2.45, 2.75) is 0 Å². The third kappa shape index (κ3) is 1.92. The van der Waals surface area contributed by atoms with Crippen molar-refractivity contribution in [1.29, 1.82) is 0 Å². The zero-order chi connectivity index (χ0) is 14.1. The summed E-state index contributed by atoms with van der Waals surface area (Å²) in [5.74, 6) is 2.05. The SMILES string of the molecule is COc1cccc(OC)c1-c1nc(Br)c2cccnn12. The molecule has 20 heavy (non-hydrogen) atoms. The molecule has 1 aromatic carbocycles. The van der Waals surface area contributed by atoms with Crippen molar-refractivity contribution in [3.8, 4) is 22.9 Å². The minimum Gasteiger partial charge on any atom is -0.496 e. The van der Waals surface area contributed by atoms with Gasteiger partial charge in [0.25, 0.3) is 0 Å². The molecule has 0 aliphatic heterocycles. The number of imidazole rings is 1. The number of rotatable bonds is 3. The predicted octanol–water partition coefficient (Wildman–Crippen LogP) is 3.18. The Morgan fingerprint density at radius 1 is 1.05 bits per heavy atom. The van der Waals surface area contributed by atoms with Crippen molar-refractivity contribution < 1.29 is 9.47 Å². The van der Waals surface area contributed by atoms with Crippen LogP contribution in [0.5, 0.6) is 11.5 Å². The number of fused-ring (bicyclic) bond motifs is 1. The van der Waals surface area contributed by atoms with Gasteiger partial charge in [-0.3, -0.25) is 0 Å². The molecule has 0 aliphatic rings. The molecule has 102 valence electrons. The maximum atomic E-state index is 5.42. The van der Waals surface area contributed by atoms with Crippen LogP contribution in [0.4, 0.5) is 0 Å². The standard InChI is InChI=1S/C14H12BrN3O2/c1-19-10-6-3-7-11(20-2)12(10)14-17-13(15)9-5-4-8-16-18(9)14/h3-8H,1-2H3. The Balaban J connectivity index is 2.36. The molecule has 6 heteroatoms. The number of nitrogens with zero attached hydrogens (tertiary/aromatic N) is 3. The van der Waals surface area contributed by atoms with Gasteiger partial charge >= 0.3 is 0 Å². The van der Waals surface area contributed by atoms with Gasteiger partial charge in [-0.25, -0.2) is 9.50 Å². The van der Waals surface area contributed by atoms with Gasteiger partial charge in [0.1, 0.15) is 21.7 Å². The molecule has 2 aromatic heterocycles. The maximum Gasteiger partial charge on any atom is 0.170 e. The van der Waals surface area contributed by atoms with Gasteiger partial charge in [0.15, 0.2) is 5.82 Å². The highest BCUT2D eigenvalue weighted by Crippen LogP contribution is 2.38. The minimum atomic E-state index is 0.668. The first-order chi connectivity index (χ1) is 9.76. The summed E-state index contributed by atoms with van der Waals surface area (Å²) in [5.41, 5.74) is 1.66. The van der Waals surface area contributed by atoms with Crippen molar-refractivity contribution >= 4 is 21.4 Å². The fourth-order valence-electron chi connectivity index (χ4n) is 2.13. The molecule has 0 aliphatic carbocycles. The zero-order valence-corrected chi connectivity index (χ0v) is 12.6. The van der Waals surface area contributed by atoms with Crippen molar-refractivity contribution in [2.75, 3.05) is 14.2 Å². The number of methoxy groups -OCH3 is 2. The Kier molecular flexibility index (Phi) is 3.31. The van der Waals surface area contributed by atoms with Crippen LogP contribution in [0, 0.1) is 0 Å². The second kappa shape index (κ2) is 5.13. The van der Waals surface area contributed by atoms with Gasteiger partial charge < -0.3 is 9.47 Å². The van der Waals surface area contributed by atoms with E-state index in [1.165, 1.54) is 0 Å². The summed E-state index contributed by atoms with van der Waals surface area (Å²) in [7, 11) is 3.24. The molecule has 3 rings (SSSR count). The van der Waals surface area contributed by atoms with Gasteiger partial charge in [-0.05, 0) is 40.2 Å². The van der Waals surface area contributed by atoms with Crippen molar-refractivity contribution in [2.24, 2.45) is 0 Å². The molecule has 0 fully saturated rings. The minimum absolute atomic E-state index is 0.668. The molecule has 0 N–H and O–H groups in total. The average molecular weight is 334 g/mol. The van der Waals surface area contributed by atoms with Crippen LogP contribution >= 0.6 is 15.9 Å². The third-order valence-electron chi connectivity index (χ3n) is 3.02. The van der Waals surface area contributed by atoms with Gasteiger partial charge in [-0.2, -0.15) is 5.10 Å². The highest BCUT2D eigenvalue weighted by molar-refractivity contribution is 9.10. The van der Waals surface area contributed by atoms with Crippen LogP contribution < -0.4 is 9.47 Å². The monoisotopic (exact) mass is 333 g/mol. The van der Waals surface area contributed by atoms with E-state index in [4.69, 9.17) is 9.47 Å². The lowest BCUT2D eigenvalue weighted by Crippen LogP contribution is -1.98. The highest BCUT2D eigenvalue weighted by Gasteiger charge is 2.19. The van der Waals surface area contributed by atoms with E-state index < -0.39 is 0 Å². The molecule has 0 atom stereocenters. The van der Waals surface area contributed by atoms with Crippen LogP contribution in [0.1, 0.15) is 0 Å². The molecule has 3 aromatic rings. The summed E-state index contributed by atoms with van der Waals surface area (Å²) >= 11 is 3.45. The molecule has 0 saturated heterocycles. The van der Waals surface area contributed by atoms with Crippen LogP contribution in [0.15, 0.2) is 41.1 Å². The van der Waals surface area contributed by atoms with Crippen molar-refractivity contribution in [1.82, 2.24) is 14.6 Å². The molecule has 0 spiro atoms. The summed E-state index contributed by atoms with van der Waals surface area (Å²) in [5, 5.41) is 4.34. The summed E-state index contributed by atoms with van der Waals surface area (Å²) in [6.45, 7) is 0. The number of halogens is 1. The molecular formula is C14H12BrN3O2. The zero-order valence-electron chi connectivity index (χ0n) is 11.0. The lowest BCUT2D eigenvalue weighted by atomic mass is 10.1. The fourth-order valence-corrected chi connectivity index (χ4v) is 2.60. The predicted molar refractivity (Wildman–Crippen MR) is 79.2 cm³/mol. The second-order valence-corrected chi connectivity index (χ2v) is 4.84. The van der Waals surface area contributed by atoms with E-state index in [9.17, 15) is 0 Å². The number of hydrogen-bond acceptors (Lipinski definition) is 4.